The van der Waals surface area contributed by atoms with Crippen molar-refractivity contribution in [3.8, 4) is 6.07 Å². The van der Waals surface area contributed by atoms with Crippen molar-refractivity contribution in [2.45, 2.75) is 43.4 Å². The van der Waals surface area contributed by atoms with Gasteiger partial charge in [0.1, 0.15) is 0 Å². The molecule has 0 amide bonds. The Hall–Kier alpha value is -1.60. The SMILES string of the molecule is C=CCCCCCCCS(=O)(=O)c1ccc(C#N)cc1. The number of unbranched alkanes of at least 4 members (excludes halogenated alkanes) is 5. The van der Waals surface area contributed by atoms with E-state index in [2.05, 4.69) is 6.58 Å². The Morgan fingerprint density at radius 1 is 1.05 bits per heavy atom. The molecule has 20 heavy (non-hydrogen) atoms. The average Bonchev–Trinajstić information content (AvgIpc) is 2.46. The van der Waals surface area contributed by atoms with Gasteiger partial charge in [-0.1, -0.05) is 25.3 Å². The Morgan fingerprint density at radius 2 is 1.65 bits per heavy atom. The largest absolute Gasteiger partial charge is 0.224 e. The summed E-state index contributed by atoms with van der Waals surface area (Å²) in [5.41, 5.74) is 0.478. The number of nitrogens with zero attached hydrogens (tertiary/aromatic N) is 1. The van der Waals surface area contributed by atoms with Gasteiger partial charge in [0.2, 0.25) is 0 Å². The molecule has 108 valence electrons. The Morgan fingerprint density at radius 3 is 2.25 bits per heavy atom. The third-order valence-corrected chi connectivity index (χ3v) is 4.98. The van der Waals surface area contributed by atoms with E-state index in [1.807, 2.05) is 12.1 Å². The number of allylic oxidation sites excluding steroid dienone is 1. The van der Waals surface area contributed by atoms with Crippen molar-refractivity contribution in [1.29, 1.82) is 5.26 Å². The summed E-state index contributed by atoms with van der Waals surface area (Å²) in [6, 6.07) is 8.09. The zero-order valence-corrected chi connectivity index (χ0v) is 12.5. The molecule has 1 aromatic carbocycles. The Balaban J connectivity index is 2.37. The lowest BCUT2D eigenvalue weighted by molar-refractivity contribution is 0.585. The van der Waals surface area contributed by atoms with Gasteiger partial charge < -0.3 is 0 Å². The monoisotopic (exact) mass is 291 g/mol. The summed E-state index contributed by atoms with van der Waals surface area (Å²) in [5.74, 6) is 0.181. The Kier molecular flexibility index (Phi) is 7.03. The van der Waals surface area contributed by atoms with E-state index < -0.39 is 9.84 Å². The van der Waals surface area contributed by atoms with Crippen LogP contribution < -0.4 is 0 Å². The van der Waals surface area contributed by atoms with Crippen LogP contribution in [-0.4, -0.2) is 14.2 Å². The van der Waals surface area contributed by atoms with Crippen LogP contribution in [0.15, 0.2) is 41.8 Å². The first-order valence-electron chi connectivity index (χ1n) is 6.94. The van der Waals surface area contributed by atoms with Gasteiger partial charge >= 0.3 is 0 Å². The van der Waals surface area contributed by atoms with E-state index in [0.29, 0.717) is 16.9 Å². The molecule has 0 atom stereocenters. The standard InChI is InChI=1S/C16H21NO2S/c1-2-3-4-5-6-7-8-13-20(18,19)16-11-9-15(14-17)10-12-16/h2,9-12H,1,3-8,13H2. The quantitative estimate of drug-likeness (QED) is 0.513. The molecule has 0 saturated heterocycles. The van der Waals surface area contributed by atoms with E-state index in [-0.39, 0.29) is 5.75 Å². The first-order chi connectivity index (χ1) is 9.60. The lowest BCUT2D eigenvalue weighted by Gasteiger charge is -2.04. The van der Waals surface area contributed by atoms with Crippen LogP contribution in [0.3, 0.4) is 0 Å². The molecule has 4 heteroatoms. The summed E-state index contributed by atoms with van der Waals surface area (Å²) in [6.07, 6.45) is 7.90. The smallest absolute Gasteiger partial charge is 0.178 e. The molecule has 0 spiro atoms. The number of rotatable bonds is 9. The average molecular weight is 291 g/mol. The number of hydrogen-bond acceptors (Lipinski definition) is 3. The molecular weight excluding hydrogens is 270 g/mol. The highest BCUT2D eigenvalue weighted by molar-refractivity contribution is 7.91. The van der Waals surface area contributed by atoms with E-state index in [9.17, 15) is 8.42 Å². The molecule has 1 rings (SSSR count). The van der Waals surface area contributed by atoms with Crippen molar-refractivity contribution in [2.75, 3.05) is 5.75 Å². The lowest BCUT2D eigenvalue weighted by Crippen LogP contribution is -2.06. The fraction of sp³-hybridized carbons (Fsp3) is 0.438. The van der Waals surface area contributed by atoms with E-state index in [4.69, 9.17) is 5.26 Å². The molecular formula is C16H21NO2S. The second-order valence-electron chi connectivity index (χ2n) is 4.80. The van der Waals surface area contributed by atoms with E-state index in [1.54, 1.807) is 12.1 Å². The molecule has 0 aliphatic rings. The van der Waals surface area contributed by atoms with Crippen LogP contribution in [0.25, 0.3) is 0 Å². The van der Waals surface area contributed by atoms with Crippen LogP contribution in [0.5, 0.6) is 0 Å². The topological polar surface area (TPSA) is 57.9 Å². The van der Waals surface area contributed by atoms with E-state index in [1.165, 1.54) is 12.1 Å². The molecule has 0 unspecified atom stereocenters. The molecule has 1 aromatic rings. The molecule has 0 heterocycles. The summed E-state index contributed by atoms with van der Waals surface area (Å²) in [6.45, 7) is 3.67. The zero-order chi connectivity index (χ0) is 14.8. The van der Waals surface area contributed by atoms with Crippen molar-refractivity contribution in [3.05, 3.63) is 42.5 Å². The van der Waals surface area contributed by atoms with Crippen molar-refractivity contribution in [1.82, 2.24) is 0 Å². The normalized spacial score (nSPS) is 10.9. The van der Waals surface area contributed by atoms with Crippen LogP contribution >= 0.6 is 0 Å². The minimum absolute atomic E-state index is 0.181. The van der Waals surface area contributed by atoms with Gasteiger partial charge in [0.15, 0.2) is 9.84 Å². The van der Waals surface area contributed by atoms with Gasteiger partial charge in [0, 0.05) is 0 Å². The molecule has 0 saturated carbocycles. The van der Waals surface area contributed by atoms with Crippen LogP contribution in [0.2, 0.25) is 0 Å². The minimum atomic E-state index is -3.21. The van der Waals surface area contributed by atoms with Crippen LogP contribution in [-0.2, 0) is 9.84 Å². The summed E-state index contributed by atoms with van der Waals surface area (Å²) in [5, 5.41) is 8.69. The third-order valence-electron chi connectivity index (χ3n) is 3.16. The van der Waals surface area contributed by atoms with Crippen molar-refractivity contribution < 1.29 is 8.42 Å². The van der Waals surface area contributed by atoms with Gasteiger partial charge in [-0.3, -0.25) is 0 Å². The van der Waals surface area contributed by atoms with Gasteiger partial charge in [-0.05, 0) is 43.5 Å². The fourth-order valence-electron chi connectivity index (χ4n) is 1.97. The number of sulfone groups is 1. The molecule has 0 bridgehead atoms. The first-order valence-corrected chi connectivity index (χ1v) is 8.59. The predicted octanol–water partition coefficient (Wildman–Crippen LogP) is 3.86. The van der Waals surface area contributed by atoms with Gasteiger partial charge in [0.25, 0.3) is 0 Å². The van der Waals surface area contributed by atoms with Crippen LogP contribution in [0, 0.1) is 11.3 Å². The zero-order valence-electron chi connectivity index (χ0n) is 11.7. The van der Waals surface area contributed by atoms with Crippen LogP contribution in [0.4, 0.5) is 0 Å². The molecule has 0 fully saturated rings. The lowest BCUT2D eigenvalue weighted by atomic mass is 10.1. The number of hydrogen-bond donors (Lipinski definition) is 0. The van der Waals surface area contributed by atoms with Gasteiger partial charge in [-0.2, -0.15) is 5.26 Å². The Labute approximate surface area is 121 Å². The summed E-state index contributed by atoms with van der Waals surface area (Å²) >= 11 is 0. The van der Waals surface area contributed by atoms with E-state index in [0.717, 1.165) is 32.1 Å². The molecule has 0 N–H and O–H groups in total. The second kappa shape index (κ2) is 8.55. The van der Waals surface area contributed by atoms with Crippen molar-refractivity contribution >= 4 is 9.84 Å². The Bertz CT molecular complexity index is 553. The third kappa shape index (κ3) is 5.58. The number of nitriles is 1. The highest BCUT2D eigenvalue weighted by Gasteiger charge is 2.13. The first kappa shape index (κ1) is 16.5. The molecule has 0 aliphatic carbocycles. The van der Waals surface area contributed by atoms with E-state index >= 15 is 0 Å². The summed E-state index contributed by atoms with van der Waals surface area (Å²) < 4.78 is 24.1. The highest BCUT2D eigenvalue weighted by Crippen LogP contribution is 2.15. The predicted molar refractivity (Wildman–Crippen MR) is 81.1 cm³/mol. The summed E-state index contributed by atoms with van der Waals surface area (Å²) in [7, 11) is -3.21. The maximum absolute atomic E-state index is 12.1. The minimum Gasteiger partial charge on any atom is -0.224 e. The van der Waals surface area contributed by atoms with Crippen LogP contribution in [0.1, 0.15) is 44.1 Å². The maximum atomic E-state index is 12.1. The van der Waals surface area contributed by atoms with Crippen molar-refractivity contribution in [3.63, 3.8) is 0 Å². The van der Waals surface area contributed by atoms with Gasteiger partial charge in [0.05, 0.1) is 22.3 Å². The molecule has 3 nitrogen and oxygen atoms in total. The van der Waals surface area contributed by atoms with Gasteiger partial charge in [-0.15, -0.1) is 6.58 Å². The van der Waals surface area contributed by atoms with Crippen molar-refractivity contribution in [2.24, 2.45) is 0 Å². The molecule has 0 aromatic heterocycles. The second-order valence-corrected chi connectivity index (χ2v) is 6.91. The fourth-order valence-corrected chi connectivity index (χ4v) is 3.34. The highest BCUT2D eigenvalue weighted by atomic mass is 32.2. The summed E-state index contributed by atoms with van der Waals surface area (Å²) in [4.78, 5) is 0.308. The number of benzene rings is 1. The maximum Gasteiger partial charge on any atom is 0.178 e. The van der Waals surface area contributed by atoms with Gasteiger partial charge in [-0.25, -0.2) is 8.42 Å². The molecule has 0 aliphatic heterocycles. The molecule has 0 radical (unpaired) electrons.